The molecule has 2 rings (SSSR count). The third-order valence-electron chi connectivity index (χ3n) is 2.81. The van der Waals surface area contributed by atoms with E-state index in [9.17, 15) is 0 Å². The van der Waals surface area contributed by atoms with Gasteiger partial charge >= 0.3 is 6.01 Å². The molecule has 1 aliphatic rings. The Morgan fingerprint density at radius 2 is 2.19 bits per heavy atom. The molecule has 1 fully saturated rings. The minimum atomic E-state index is 0.315. The van der Waals surface area contributed by atoms with Crippen molar-refractivity contribution in [2.75, 3.05) is 11.4 Å². The Bertz CT molecular complexity index is 332. The Morgan fingerprint density at radius 1 is 1.44 bits per heavy atom. The number of nitrogens with two attached hydrogens (primary N) is 1. The highest BCUT2D eigenvalue weighted by molar-refractivity contribution is 5.29. The van der Waals surface area contributed by atoms with Gasteiger partial charge in [-0.3, -0.25) is 0 Å². The van der Waals surface area contributed by atoms with Crippen molar-refractivity contribution in [3.8, 4) is 0 Å². The molecule has 1 aliphatic carbocycles. The Morgan fingerprint density at radius 3 is 2.69 bits per heavy atom. The van der Waals surface area contributed by atoms with Crippen LogP contribution in [0.2, 0.25) is 0 Å². The van der Waals surface area contributed by atoms with E-state index in [1.54, 1.807) is 0 Å². The first-order valence-electron chi connectivity index (χ1n) is 5.99. The fourth-order valence-electron chi connectivity index (χ4n) is 1.66. The summed E-state index contributed by atoms with van der Waals surface area (Å²) in [5.41, 5.74) is 5.46. The van der Waals surface area contributed by atoms with Crippen molar-refractivity contribution in [3.63, 3.8) is 0 Å². The summed E-state index contributed by atoms with van der Waals surface area (Å²) >= 11 is 0. The maximum atomic E-state index is 5.51. The maximum absolute atomic E-state index is 5.51. The van der Waals surface area contributed by atoms with Gasteiger partial charge in [-0.15, -0.1) is 5.10 Å². The molecule has 16 heavy (non-hydrogen) atoms. The molecule has 5 heteroatoms. The van der Waals surface area contributed by atoms with E-state index in [4.69, 9.17) is 10.2 Å². The lowest BCUT2D eigenvalue weighted by molar-refractivity contribution is 0.471. The van der Waals surface area contributed by atoms with Crippen molar-refractivity contribution in [1.82, 2.24) is 10.2 Å². The van der Waals surface area contributed by atoms with Crippen molar-refractivity contribution >= 4 is 6.01 Å². The molecule has 1 aromatic heterocycles. The van der Waals surface area contributed by atoms with Gasteiger partial charge in [0.15, 0.2) is 0 Å². The van der Waals surface area contributed by atoms with E-state index in [2.05, 4.69) is 28.9 Å². The molecule has 0 spiro atoms. The van der Waals surface area contributed by atoms with E-state index in [-0.39, 0.29) is 0 Å². The predicted molar refractivity (Wildman–Crippen MR) is 62.0 cm³/mol. The molecular formula is C11H20N4O. The number of aromatic nitrogens is 2. The summed E-state index contributed by atoms with van der Waals surface area (Å²) in [4.78, 5) is 2.23. The highest BCUT2D eigenvalue weighted by Gasteiger charge is 2.32. The van der Waals surface area contributed by atoms with Crippen LogP contribution in [0, 0.1) is 5.92 Å². The Hall–Kier alpha value is -1.10. The lowest BCUT2D eigenvalue weighted by atomic mass is 10.1. The number of hydrogen-bond donors (Lipinski definition) is 1. The van der Waals surface area contributed by atoms with Crippen molar-refractivity contribution in [3.05, 3.63) is 5.89 Å². The summed E-state index contributed by atoms with van der Waals surface area (Å²) in [5, 5.41) is 7.97. The van der Waals surface area contributed by atoms with Crippen LogP contribution in [0.25, 0.3) is 0 Å². The molecule has 0 saturated heterocycles. The van der Waals surface area contributed by atoms with Gasteiger partial charge in [-0.2, -0.15) is 0 Å². The maximum Gasteiger partial charge on any atom is 0.318 e. The van der Waals surface area contributed by atoms with Gasteiger partial charge in [-0.1, -0.05) is 18.9 Å². The fourth-order valence-corrected chi connectivity index (χ4v) is 1.66. The summed E-state index contributed by atoms with van der Waals surface area (Å²) in [5.74, 6) is 1.21. The third kappa shape index (κ3) is 2.72. The van der Waals surface area contributed by atoms with E-state index < -0.39 is 0 Å². The van der Waals surface area contributed by atoms with Crippen LogP contribution in [0.1, 0.15) is 39.0 Å². The summed E-state index contributed by atoms with van der Waals surface area (Å²) in [6, 6.07) is 1.24. The number of rotatable bonds is 6. The van der Waals surface area contributed by atoms with E-state index in [0.717, 1.165) is 13.0 Å². The number of anilines is 1. The first kappa shape index (κ1) is 11.4. The zero-order valence-corrected chi connectivity index (χ0v) is 10.0. The predicted octanol–water partition coefficient (Wildman–Crippen LogP) is 1.54. The molecule has 0 bridgehead atoms. The van der Waals surface area contributed by atoms with Crippen molar-refractivity contribution in [1.29, 1.82) is 0 Å². The molecule has 1 saturated carbocycles. The summed E-state index contributed by atoms with van der Waals surface area (Å²) in [6.07, 6.45) is 3.62. The lowest BCUT2D eigenvalue weighted by Gasteiger charge is -2.20. The van der Waals surface area contributed by atoms with Gasteiger partial charge in [0.1, 0.15) is 0 Å². The number of hydrogen-bond acceptors (Lipinski definition) is 5. The molecule has 2 N–H and O–H groups in total. The highest BCUT2D eigenvalue weighted by Crippen LogP contribution is 2.31. The Kier molecular flexibility index (Phi) is 3.43. The van der Waals surface area contributed by atoms with Crippen molar-refractivity contribution < 1.29 is 4.42 Å². The SMILES string of the molecule is CC(C)CCN(c1nnc(CN)o1)C1CC1. The van der Waals surface area contributed by atoms with Crippen LogP contribution in [0.5, 0.6) is 0 Å². The average molecular weight is 224 g/mol. The molecule has 0 radical (unpaired) electrons. The van der Waals surface area contributed by atoms with Gasteiger partial charge in [0.2, 0.25) is 5.89 Å². The molecule has 0 atom stereocenters. The van der Waals surface area contributed by atoms with Crippen LogP contribution in [-0.4, -0.2) is 22.8 Å². The van der Waals surface area contributed by atoms with Gasteiger partial charge in [0, 0.05) is 12.6 Å². The molecule has 1 aromatic rings. The normalized spacial score (nSPS) is 15.8. The quantitative estimate of drug-likeness (QED) is 0.794. The van der Waals surface area contributed by atoms with Crippen LogP contribution in [-0.2, 0) is 6.54 Å². The number of nitrogens with zero attached hydrogens (tertiary/aromatic N) is 3. The fraction of sp³-hybridized carbons (Fsp3) is 0.818. The molecule has 0 aliphatic heterocycles. The van der Waals surface area contributed by atoms with Gasteiger partial charge in [0.25, 0.3) is 0 Å². The van der Waals surface area contributed by atoms with Gasteiger partial charge in [-0.05, 0) is 25.2 Å². The van der Waals surface area contributed by atoms with Gasteiger partial charge < -0.3 is 15.1 Å². The van der Waals surface area contributed by atoms with Crippen molar-refractivity contribution in [2.24, 2.45) is 11.7 Å². The molecule has 1 heterocycles. The summed E-state index contributed by atoms with van der Waals surface area (Å²) in [6.45, 7) is 5.76. The van der Waals surface area contributed by atoms with E-state index in [0.29, 0.717) is 30.4 Å². The second kappa shape index (κ2) is 4.82. The standard InChI is InChI=1S/C11H20N4O/c1-8(2)5-6-15(9-3-4-9)11-14-13-10(7-12)16-11/h8-9H,3-7,12H2,1-2H3. The van der Waals surface area contributed by atoms with E-state index in [1.807, 2.05) is 0 Å². The minimum Gasteiger partial charge on any atom is -0.407 e. The molecule has 0 amide bonds. The van der Waals surface area contributed by atoms with Crippen LogP contribution in [0.4, 0.5) is 6.01 Å². The Labute approximate surface area is 96.0 Å². The molecule has 0 aromatic carbocycles. The Balaban J connectivity index is 2.00. The van der Waals surface area contributed by atoms with Crippen LogP contribution in [0.15, 0.2) is 4.42 Å². The lowest BCUT2D eigenvalue weighted by Crippen LogP contribution is -2.28. The van der Waals surface area contributed by atoms with Crippen LogP contribution >= 0.6 is 0 Å². The average Bonchev–Trinajstić information content (AvgIpc) is 2.96. The zero-order chi connectivity index (χ0) is 11.5. The van der Waals surface area contributed by atoms with E-state index in [1.165, 1.54) is 12.8 Å². The second-order valence-electron chi connectivity index (χ2n) is 4.79. The second-order valence-corrected chi connectivity index (χ2v) is 4.79. The van der Waals surface area contributed by atoms with Gasteiger partial charge in [-0.25, -0.2) is 0 Å². The molecule has 90 valence electrons. The molecular weight excluding hydrogens is 204 g/mol. The molecule has 0 unspecified atom stereocenters. The van der Waals surface area contributed by atoms with E-state index >= 15 is 0 Å². The topological polar surface area (TPSA) is 68.2 Å². The zero-order valence-electron chi connectivity index (χ0n) is 10.0. The van der Waals surface area contributed by atoms with Crippen molar-refractivity contribution in [2.45, 2.75) is 45.7 Å². The highest BCUT2D eigenvalue weighted by atomic mass is 16.4. The smallest absolute Gasteiger partial charge is 0.318 e. The third-order valence-corrected chi connectivity index (χ3v) is 2.81. The monoisotopic (exact) mass is 224 g/mol. The minimum absolute atomic E-state index is 0.315. The largest absolute Gasteiger partial charge is 0.407 e. The first-order chi connectivity index (χ1) is 7.70. The molecule has 5 nitrogen and oxygen atoms in total. The summed E-state index contributed by atoms with van der Waals surface area (Å²) < 4.78 is 5.51. The van der Waals surface area contributed by atoms with Crippen LogP contribution < -0.4 is 10.6 Å². The van der Waals surface area contributed by atoms with Crippen LogP contribution in [0.3, 0.4) is 0 Å². The first-order valence-corrected chi connectivity index (χ1v) is 5.99. The summed E-state index contributed by atoms with van der Waals surface area (Å²) in [7, 11) is 0. The van der Waals surface area contributed by atoms with Gasteiger partial charge in [0.05, 0.1) is 6.54 Å².